The minimum absolute atomic E-state index is 0.0977. The van der Waals surface area contributed by atoms with Crippen molar-refractivity contribution < 1.29 is 0 Å². The van der Waals surface area contributed by atoms with Gasteiger partial charge in [-0.2, -0.15) is 0 Å². The van der Waals surface area contributed by atoms with Crippen molar-refractivity contribution in [3.05, 3.63) is 4.91 Å². The summed E-state index contributed by atoms with van der Waals surface area (Å²) >= 11 is 9.54. The first-order valence-corrected chi connectivity index (χ1v) is 5.65. The van der Waals surface area contributed by atoms with E-state index in [2.05, 4.69) is 32.9 Å². The molecule has 4 heteroatoms. The second kappa shape index (κ2) is 5.62. The van der Waals surface area contributed by atoms with E-state index in [0.29, 0.717) is 10.7 Å². The minimum Gasteiger partial charge on any atom is -0.150 e. The van der Waals surface area contributed by atoms with E-state index in [4.69, 9.17) is 11.6 Å². The monoisotopic (exact) mass is 263 g/mol. The van der Waals surface area contributed by atoms with Crippen LogP contribution in [0.25, 0.3) is 0 Å². The van der Waals surface area contributed by atoms with E-state index >= 15 is 0 Å². The molecule has 0 bridgehead atoms. The summed E-state index contributed by atoms with van der Waals surface area (Å²) in [5.74, 6) is 6.12. The second-order valence-electron chi connectivity index (χ2n) is 3.14. The fourth-order valence-electron chi connectivity index (χ4n) is 1.44. The molecule has 0 aromatic rings. The Morgan fingerprint density at radius 1 is 1.54 bits per heavy atom. The van der Waals surface area contributed by atoms with Crippen molar-refractivity contribution in [3.8, 4) is 11.8 Å². The third kappa shape index (κ3) is 3.66. The first-order chi connectivity index (χ1) is 6.24. The molecule has 0 amide bonds. The van der Waals surface area contributed by atoms with E-state index in [9.17, 15) is 4.91 Å². The highest BCUT2D eigenvalue weighted by Crippen LogP contribution is 2.32. The Morgan fingerprint density at radius 3 is 2.92 bits per heavy atom. The molecule has 0 aromatic carbocycles. The maximum Gasteiger partial charge on any atom is 0.142 e. The summed E-state index contributed by atoms with van der Waals surface area (Å²) in [5.41, 5.74) is 0. The number of hydrogen-bond donors (Lipinski definition) is 0. The molecule has 0 aromatic heterocycles. The van der Waals surface area contributed by atoms with Crippen LogP contribution in [0.1, 0.15) is 19.3 Å². The van der Waals surface area contributed by atoms with Gasteiger partial charge in [-0.15, -0.1) is 16.5 Å². The number of hydrogen-bond acceptors (Lipinski definition) is 2. The molecule has 0 heterocycles. The van der Waals surface area contributed by atoms with Gasteiger partial charge in [0, 0.05) is 16.1 Å². The summed E-state index contributed by atoms with van der Waals surface area (Å²) in [6.45, 7) is 0.0977. The summed E-state index contributed by atoms with van der Waals surface area (Å²) in [6, 6.07) is 0. The summed E-state index contributed by atoms with van der Waals surface area (Å²) in [5, 5.41) is 2.97. The Bertz CT molecular complexity index is 236. The molecule has 2 nitrogen and oxygen atoms in total. The van der Waals surface area contributed by atoms with Crippen LogP contribution in [0.15, 0.2) is 5.18 Å². The molecule has 1 rings (SSSR count). The fourth-order valence-corrected chi connectivity index (χ4v) is 2.82. The van der Waals surface area contributed by atoms with E-state index in [1.807, 2.05) is 0 Å². The molecule has 3 unspecified atom stereocenters. The fraction of sp³-hybridized carbons (Fsp3) is 0.778. The van der Waals surface area contributed by atoms with Crippen LogP contribution in [0.4, 0.5) is 0 Å². The van der Waals surface area contributed by atoms with Gasteiger partial charge in [0.15, 0.2) is 0 Å². The lowest BCUT2D eigenvalue weighted by atomic mass is 9.89. The molecule has 0 saturated heterocycles. The van der Waals surface area contributed by atoms with Gasteiger partial charge in [0.2, 0.25) is 0 Å². The average molecular weight is 265 g/mol. The van der Waals surface area contributed by atoms with Crippen LogP contribution in [0, 0.1) is 22.7 Å². The van der Waals surface area contributed by atoms with Gasteiger partial charge in [-0.05, 0) is 19.3 Å². The predicted molar refractivity (Wildman–Crippen MR) is 58.1 cm³/mol. The summed E-state index contributed by atoms with van der Waals surface area (Å²) in [7, 11) is 0. The largest absolute Gasteiger partial charge is 0.150 e. The summed E-state index contributed by atoms with van der Waals surface area (Å²) < 4.78 is 0. The highest BCUT2D eigenvalue weighted by Gasteiger charge is 2.26. The van der Waals surface area contributed by atoms with Crippen LogP contribution in [0.5, 0.6) is 0 Å². The molecule has 1 aliphatic carbocycles. The molecule has 0 N–H and O–H groups in total. The van der Waals surface area contributed by atoms with Crippen LogP contribution in [-0.4, -0.2) is 16.7 Å². The van der Waals surface area contributed by atoms with Crippen molar-refractivity contribution in [3.63, 3.8) is 0 Å². The van der Waals surface area contributed by atoms with E-state index in [1.165, 1.54) is 0 Å². The molecule has 1 aliphatic rings. The van der Waals surface area contributed by atoms with E-state index in [1.54, 1.807) is 0 Å². The van der Waals surface area contributed by atoms with Crippen LogP contribution in [0.2, 0.25) is 0 Å². The minimum atomic E-state index is 0.0977. The van der Waals surface area contributed by atoms with Gasteiger partial charge in [-0.1, -0.05) is 32.9 Å². The molecular formula is C9H11BrClNO. The van der Waals surface area contributed by atoms with Crippen molar-refractivity contribution in [1.82, 2.24) is 0 Å². The summed E-state index contributed by atoms with van der Waals surface area (Å²) in [4.78, 5) is 10.2. The number of halogens is 2. The number of nitrogens with zero attached hydrogens (tertiary/aromatic N) is 1. The number of rotatable bonds is 1. The first-order valence-electron chi connectivity index (χ1n) is 4.29. The van der Waals surface area contributed by atoms with Crippen molar-refractivity contribution in [2.45, 2.75) is 29.5 Å². The SMILES string of the molecule is O=NCC#CC1CCC(Cl)CC1Br. The van der Waals surface area contributed by atoms with Crippen LogP contribution in [-0.2, 0) is 0 Å². The van der Waals surface area contributed by atoms with Crippen molar-refractivity contribution >= 4 is 27.5 Å². The molecule has 0 aliphatic heterocycles. The number of alkyl halides is 2. The molecule has 0 radical (unpaired) electrons. The van der Waals surface area contributed by atoms with Crippen LogP contribution >= 0.6 is 27.5 Å². The Kier molecular flexibility index (Phi) is 4.76. The van der Waals surface area contributed by atoms with E-state index in [0.717, 1.165) is 19.3 Å². The predicted octanol–water partition coefficient (Wildman–Crippen LogP) is 2.93. The summed E-state index contributed by atoms with van der Waals surface area (Å²) in [6.07, 6.45) is 2.98. The molecule has 0 spiro atoms. The first kappa shape index (κ1) is 11.0. The number of nitroso groups, excluding NO2 is 1. The Hall–Kier alpha value is -0.0700. The van der Waals surface area contributed by atoms with Crippen molar-refractivity contribution in [2.24, 2.45) is 11.1 Å². The van der Waals surface area contributed by atoms with Crippen molar-refractivity contribution in [1.29, 1.82) is 0 Å². The zero-order valence-electron chi connectivity index (χ0n) is 7.17. The second-order valence-corrected chi connectivity index (χ2v) is 4.93. The Morgan fingerprint density at radius 2 is 2.31 bits per heavy atom. The zero-order valence-corrected chi connectivity index (χ0v) is 9.51. The zero-order chi connectivity index (χ0) is 9.68. The third-order valence-electron chi connectivity index (χ3n) is 2.14. The molecule has 72 valence electrons. The maximum absolute atomic E-state index is 9.79. The Labute approximate surface area is 91.5 Å². The lowest BCUT2D eigenvalue weighted by molar-refractivity contribution is 0.453. The Balaban J connectivity index is 2.43. The highest BCUT2D eigenvalue weighted by molar-refractivity contribution is 9.09. The molecule has 13 heavy (non-hydrogen) atoms. The van der Waals surface area contributed by atoms with Gasteiger partial charge < -0.3 is 0 Å². The topological polar surface area (TPSA) is 29.4 Å². The normalized spacial score (nSPS) is 33.2. The standard InChI is InChI=1S/C9H11BrClNO/c10-9-6-8(11)4-3-7(9)2-1-5-12-13/h7-9H,3-6H2. The maximum atomic E-state index is 9.79. The average Bonchev–Trinajstić information content (AvgIpc) is 2.09. The highest BCUT2D eigenvalue weighted by atomic mass is 79.9. The molecule has 1 fully saturated rings. The van der Waals surface area contributed by atoms with Gasteiger partial charge in [-0.25, -0.2) is 0 Å². The smallest absolute Gasteiger partial charge is 0.142 e. The quantitative estimate of drug-likeness (QED) is 0.407. The van der Waals surface area contributed by atoms with Gasteiger partial charge in [0.1, 0.15) is 6.54 Å². The van der Waals surface area contributed by atoms with E-state index in [-0.39, 0.29) is 11.9 Å². The van der Waals surface area contributed by atoms with Crippen LogP contribution in [0.3, 0.4) is 0 Å². The lowest BCUT2D eigenvalue weighted by Gasteiger charge is -2.26. The molecular weight excluding hydrogens is 253 g/mol. The molecule has 3 atom stereocenters. The van der Waals surface area contributed by atoms with Gasteiger partial charge >= 0.3 is 0 Å². The lowest BCUT2D eigenvalue weighted by Crippen LogP contribution is -2.24. The molecule has 1 saturated carbocycles. The van der Waals surface area contributed by atoms with E-state index < -0.39 is 0 Å². The third-order valence-corrected chi connectivity index (χ3v) is 3.55. The van der Waals surface area contributed by atoms with Crippen LogP contribution < -0.4 is 0 Å². The van der Waals surface area contributed by atoms with Gasteiger partial charge in [0.05, 0.1) is 0 Å². The van der Waals surface area contributed by atoms with Gasteiger partial charge in [-0.3, -0.25) is 0 Å². The van der Waals surface area contributed by atoms with Crippen molar-refractivity contribution in [2.75, 3.05) is 6.54 Å². The van der Waals surface area contributed by atoms with Gasteiger partial charge in [0.25, 0.3) is 0 Å².